The molecular weight excluding hydrogens is 645 g/mol. The molecule has 0 atom stereocenters. The third kappa shape index (κ3) is 16.1. The van der Waals surface area contributed by atoms with Crippen molar-refractivity contribution >= 4 is 0 Å². The van der Waals surface area contributed by atoms with Crippen molar-refractivity contribution in [3.05, 3.63) is 119 Å². The Bertz CT molecular complexity index is 1360. The molecule has 0 aromatic heterocycles. The normalized spacial score (nSPS) is 10.9. The van der Waals surface area contributed by atoms with E-state index in [1.54, 1.807) is 14.2 Å². The minimum Gasteiger partial charge on any atom is -0.493 e. The van der Waals surface area contributed by atoms with Crippen molar-refractivity contribution in [1.29, 1.82) is 0 Å². The molecule has 0 aliphatic heterocycles. The molecule has 0 saturated carbocycles. The van der Waals surface area contributed by atoms with Gasteiger partial charge in [-0.1, -0.05) is 100 Å². The molecule has 0 aliphatic carbocycles. The first-order valence-corrected chi connectivity index (χ1v) is 19.6. The van der Waals surface area contributed by atoms with Crippen molar-refractivity contribution in [2.45, 2.75) is 79.1 Å². The van der Waals surface area contributed by atoms with Crippen LogP contribution < -0.4 is 18.9 Å². The van der Waals surface area contributed by atoms with Gasteiger partial charge in [0.25, 0.3) is 0 Å². The fourth-order valence-corrected chi connectivity index (χ4v) is 6.34. The quantitative estimate of drug-likeness (QED) is 0.0722. The molecule has 0 aliphatic rings. The van der Waals surface area contributed by atoms with Crippen LogP contribution in [-0.2, 0) is 25.7 Å². The molecule has 52 heavy (non-hydrogen) atoms. The minimum absolute atomic E-state index is 0.654. The van der Waals surface area contributed by atoms with Crippen LogP contribution in [0.3, 0.4) is 0 Å². The van der Waals surface area contributed by atoms with Crippen LogP contribution in [0.4, 0.5) is 0 Å². The molecule has 6 nitrogen and oxygen atoms in total. The molecule has 4 aromatic rings. The van der Waals surface area contributed by atoms with Crippen LogP contribution in [0.1, 0.15) is 75.6 Å². The van der Waals surface area contributed by atoms with Crippen LogP contribution in [-0.4, -0.2) is 76.5 Å². The largest absolute Gasteiger partial charge is 0.493 e. The highest BCUT2D eigenvalue weighted by molar-refractivity contribution is 5.44. The monoisotopic (exact) mass is 711 g/mol. The van der Waals surface area contributed by atoms with Gasteiger partial charge in [-0.15, -0.1) is 0 Å². The van der Waals surface area contributed by atoms with Gasteiger partial charge in [-0.25, -0.2) is 0 Å². The molecule has 4 rings (SSSR count). The highest BCUT2D eigenvalue weighted by Gasteiger charge is 2.10. The lowest BCUT2D eigenvalue weighted by Gasteiger charge is -2.21. The summed E-state index contributed by atoms with van der Waals surface area (Å²) in [7, 11) is 3.40. The number of methoxy groups -OCH3 is 2. The molecule has 0 heterocycles. The predicted molar refractivity (Wildman–Crippen MR) is 219 cm³/mol. The van der Waals surface area contributed by atoms with Crippen molar-refractivity contribution in [1.82, 2.24) is 9.80 Å². The molecule has 0 radical (unpaired) electrons. The third-order valence-electron chi connectivity index (χ3n) is 9.03. The van der Waals surface area contributed by atoms with Gasteiger partial charge in [0.2, 0.25) is 0 Å². The van der Waals surface area contributed by atoms with Gasteiger partial charge in [-0.3, -0.25) is 0 Å². The summed E-state index contributed by atoms with van der Waals surface area (Å²) < 4.78 is 23.0. The Labute approximate surface area is 316 Å². The number of nitrogens with zero attached hydrogens (tertiary/aromatic N) is 2. The third-order valence-corrected chi connectivity index (χ3v) is 9.03. The van der Waals surface area contributed by atoms with Crippen LogP contribution in [0.15, 0.2) is 97.1 Å². The summed E-state index contributed by atoms with van der Waals surface area (Å²) in [5.41, 5.74) is 5.19. The van der Waals surface area contributed by atoms with Crippen molar-refractivity contribution in [3.63, 3.8) is 0 Å². The van der Waals surface area contributed by atoms with Gasteiger partial charge in [0.05, 0.1) is 27.4 Å². The summed E-state index contributed by atoms with van der Waals surface area (Å²) in [5.74, 6) is 3.30. The molecule has 0 spiro atoms. The first-order chi connectivity index (χ1) is 25.5. The number of hydrogen-bond donors (Lipinski definition) is 0. The molecule has 0 amide bonds. The topological polar surface area (TPSA) is 43.4 Å². The average molecular weight is 711 g/mol. The van der Waals surface area contributed by atoms with Crippen LogP contribution >= 0.6 is 0 Å². The number of rotatable bonds is 24. The minimum atomic E-state index is 0.654. The summed E-state index contributed by atoms with van der Waals surface area (Å²) >= 11 is 0. The van der Waals surface area contributed by atoms with Gasteiger partial charge in [0, 0.05) is 25.9 Å². The fourth-order valence-electron chi connectivity index (χ4n) is 6.34. The second kappa shape index (κ2) is 25.9. The predicted octanol–water partition coefficient (Wildman–Crippen LogP) is 9.96. The molecule has 0 N–H and O–H groups in total. The van der Waals surface area contributed by atoms with Crippen molar-refractivity contribution in [3.8, 4) is 23.0 Å². The molecular formula is C46H66N2O4. The van der Waals surface area contributed by atoms with E-state index in [0.29, 0.717) is 13.2 Å². The molecule has 0 unspecified atom stereocenters. The number of ether oxygens (including phenoxy) is 4. The standard InChI is InChI=1S/2C23H33NO2/c2*1-4-15-24(16-5-2)17-13-21-11-12-22(25-3)23(19-21)26-18-14-20-9-7-6-8-10-20/h2*6-12,19H,4-5,13-18H2,1-3H3. The van der Waals surface area contributed by atoms with E-state index in [1.165, 1.54) is 74.1 Å². The molecule has 0 fully saturated rings. The number of hydrogen-bond acceptors (Lipinski definition) is 6. The van der Waals surface area contributed by atoms with Crippen LogP contribution in [0.2, 0.25) is 0 Å². The van der Waals surface area contributed by atoms with Crippen molar-refractivity contribution in [2.75, 3.05) is 66.7 Å². The lowest BCUT2D eigenvalue weighted by Crippen LogP contribution is -2.27. The Balaban J connectivity index is 0.000000280. The molecule has 0 saturated heterocycles. The maximum Gasteiger partial charge on any atom is 0.161 e. The Morgan fingerprint density at radius 2 is 0.750 bits per heavy atom. The van der Waals surface area contributed by atoms with Gasteiger partial charge in [0.15, 0.2) is 23.0 Å². The summed E-state index contributed by atoms with van der Waals surface area (Å²) in [5, 5.41) is 0. The fraction of sp³-hybridized carbons (Fsp3) is 0.478. The summed E-state index contributed by atoms with van der Waals surface area (Å²) in [4.78, 5) is 5.08. The van der Waals surface area contributed by atoms with Gasteiger partial charge >= 0.3 is 0 Å². The molecule has 6 heteroatoms. The Hall–Kier alpha value is -4.00. The Morgan fingerprint density at radius 1 is 0.385 bits per heavy atom. The molecule has 284 valence electrons. The van der Waals surface area contributed by atoms with Crippen molar-refractivity contribution in [2.24, 2.45) is 0 Å². The Kier molecular flexibility index (Phi) is 21.1. The number of benzene rings is 4. The van der Waals surface area contributed by atoms with Crippen molar-refractivity contribution < 1.29 is 18.9 Å². The second-order valence-electron chi connectivity index (χ2n) is 13.3. The van der Waals surface area contributed by atoms with E-state index in [0.717, 1.165) is 61.8 Å². The first-order valence-electron chi connectivity index (χ1n) is 19.6. The zero-order valence-electron chi connectivity index (χ0n) is 33.1. The van der Waals surface area contributed by atoms with Gasteiger partial charge in [-0.2, -0.15) is 0 Å². The van der Waals surface area contributed by atoms with E-state index < -0.39 is 0 Å². The Morgan fingerprint density at radius 3 is 1.08 bits per heavy atom. The van der Waals surface area contributed by atoms with Gasteiger partial charge < -0.3 is 28.7 Å². The summed E-state index contributed by atoms with van der Waals surface area (Å²) in [6, 6.07) is 33.5. The highest BCUT2D eigenvalue weighted by Crippen LogP contribution is 2.29. The van der Waals surface area contributed by atoms with Crippen LogP contribution in [0.5, 0.6) is 23.0 Å². The van der Waals surface area contributed by atoms with Crippen LogP contribution in [0.25, 0.3) is 0 Å². The second-order valence-corrected chi connectivity index (χ2v) is 13.3. The van der Waals surface area contributed by atoms with Gasteiger partial charge in [0.1, 0.15) is 0 Å². The molecule has 4 aromatic carbocycles. The van der Waals surface area contributed by atoms with Gasteiger partial charge in [-0.05, 0) is 111 Å². The van der Waals surface area contributed by atoms with E-state index in [9.17, 15) is 0 Å². The lowest BCUT2D eigenvalue weighted by molar-refractivity contribution is 0.277. The maximum atomic E-state index is 6.04. The zero-order valence-corrected chi connectivity index (χ0v) is 33.1. The van der Waals surface area contributed by atoms with E-state index >= 15 is 0 Å². The summed E-state index contributed by atoms with van der Waals surface area (Å²) in [6.45, 7) is 17.2. The van der Waals surface area contributed by atoms with E-state index in [1.807, 2.05) is 24.3 Å². The van der Waals surface area contributed by atoms with Crippen LogP contribution in [0, 0.1) is 0 Å². The lowest BCUT2D eigenvalue weighted by atomic mass is 10.1. The summed E-state index contributed by atoms with van der Waals surface area (Å²) in [6.07, 6.45) is 8.70. The van der Waals surface area contributed by atoms with E-state index in [4.69, 9.17) is 18.9 Å². The maximum absolute atomic E-state index is 6.04. The SMILES string of the molecule is CCCN(CCC)CCc1ccc(OC)c(OCCc2ccccc2)c1.CCCN(CCC)CCc1ccc(OC)c(OCCc2ccccc2)c1. The van der Waals surface area contributed by atoms with E-state index in [-0.39, 0.29) is 0 Å². The molecule has 0 bridgehead atoms. The first kappa shape index (κ1) is 42.4. The van der Waals surface area contributed by atoms with E-state index in [2.05, 4.69) is 110 Å². The average Bonchev–Trinajstić information content (AvgIpc) is 3.17. The highest BCUT2D eigenvalue weighted by atomic mass is 16.5. The zero-order chi connectivity index (χ0) is 37.2. The smallest absolute Gasteiger partial charge is 0.161 e.